The molecular weight excluding hydrogens is 240 g/mol. The average molecular weight is 263 g/mol. The zero-order valence-electron chi connectivity index (χ0n) is 12.3. The van der Waals surface area contributed by atoms with Crippen molar-refractivity contribution in [2.45, 2.75) is 46.6 Å². The van der Waals surface area contributed by atoms with Gasteiger partial charge >= 0.3 is 6.01 Å². The first kappa shape index (κ1) is 15.1. The minimum absolute atomic E-state index is 0.0545. The molecule has 0 bridgehead atoms. The Labute approximate surface area is 114 Å². The van der Waals surface area contributed by atoms with Crippen LogP contribution in [-0.2, 0) is 0 Å². The molecule has 2 rings (SSSR count). The highest BCUT2D eigenvalue weighted by molar-refractivity contribution is 5.22. The third-order valence-electron chi connectivity index (χ3n) is 2.71. The van der Waals surface area contributed by atoms with Gasteiger partial charge in [0, 0.05) is 17.7 Å². The molecule has 0 unspecified atom stereocenters. The molecule has 0 saturated carbocycles. The first-order valence-corrected chi connectivity index (χ1v) is 6.71. The summed E-state index contributed by atoms with van der Waals surface area (Å²) < 4.78 is 5.15. The Kier molecular flexibility index (Phi) is 5.48. The predicted octanol–water partition coefficient (Wildman–Crippen LogP) is 2.97. The summed E-state index contributed by atoms with van der Waals surface area (Å²) in [6, 6.07) is 10.1. The maximum absolute atomic E-state index is 5.15. The summed E-state index contributed by atoms with van der Waals surface area (Å²) in [6.07, 6.45) is 0.973. The van der Waals surface area contributed by atoms with Gasteiger partial charge in [0.05, 0.1) is 5.10 Å². The predicted molar refractivity (Wildman–Crippen MR) is 75.2 cm³/mol. The van der Waals surface area contributed by atoms with Crippen LogP contribution in [0.3, 0.4) is 0 Å². The minimum Gasteiger partial charge on any atom is -0.328 e. The van der Waals surface area contributed by atoms with E-state index in [9.17, 15) is 0 Å². The molecule has 0 aliphatic heterocycles. The van der Waals surface area contributed by atoms with Crippen molar-refractivity contribution in [2.75, 3.05) is 5.32 Å². The second-order valence-corrected chi connectivity index (χ2v) is 4.57. The van der Waals surface area contributed by atoms with Gasteiger partial charge in [-0.2, -0.15) is 0 Å². The summed E-state index contributed by atoms with van der Waals surface area (Å²) in [7, 11) is 0. The number of para-hydroxylation sites is 1. The maximum Gasteiger partial charge on any atom is 0.389 e. The minimum atomic E-state index is -0.0545. The Balaban J connectivity index is 0.000000861. The number of hydrogen-bond donors (Lipinski definition) is 1. The van der Waals surface area contributed by atoms with Crippen LogP contribution in [0.2, 0.25) is 0 Å². The van der Waals surface area contributed by atoms with Crippen LogP contribution in [-0.4, -0.2) is 15.9 Å². The summed E-state index contributed by atoms with van der Waals surface area (Å²) in [5, 5.41) is 11.3. The van der Waals surface area contributed by atoms with Gasteiger partial charge in [0.1, 0.15) is 4.80 Å². The lowest BCUT2D eigenvalue weighted by atomic mass is 10.0. The van der Waals surface area contributed by atoms with Crippen LogP contribution >= 0.6 is 0 Å². The highest BCUT2D eigenvalue weighted by atomic mass is 16.5. The maximum atomic E-state index is 5.15. The molecule has 0 spiro atoms. The van der Waals surface area contributed by atoms with E-state index in [0.717, 1.165) is 12.1 Å². The highest BCUT2D eigenvalue weighted by Gasteiger charge is 2.22. The van der Waals surface area contributed by atoms with Crippen LogP contribution < -0.4 is 10.1 Å². The quantitative estimate of drug-likeness (QED) is 0.862. The lowest BCUT2D eigenvalue weighted by Gasteiger charge is -2.21. The third kappa shape index (κ3) is 4.35. The normalized spacial score (nSPS) is 10.6. The summed E-state index contributed by atoms with van der Waals surface area (Å²) >= 11 is 0. The Hall–Kier alpha value is -1.91. The Morgan fingerprint density at radius 1 is 1.21 bits per heavy atom. The zero-order chi connectivity index (χ0) is 14.3. The summed E-state index contributed by atoms with van der Waals surface area (Å²) in [6.45, 7) is 10.3. The Morgan fingerprint density at radius 3 is 2.42 bits per heavy atom. The molecule has 5 heteroatoms. The first-order chi connectivity index (χ1) is 9.11. The summed E-state index contributed by atoms with van der Waals surface area (Å²) in [5.41, 5.74) is 0.819. The van der Waals surface area contributed by atoms with Crippen LogP contribution in [0.1, 0.15) is 41.0 Å². The van der Waals surface area contributed by atoms with Gasteiger partial charge in [0.25, 0.3) is 5.69 Å². The van der Waals surface area contributed by atoms with Crippen molar-refractivity contribution in [3.8, 4) is 5.69 Å². The van der Waals surface area contributed by atoms with Crippen LogP contribution in [0.4, 0.5) is 6.01 Å². The van der Waals surface area contributed by atoms with Crippen LogP contribution in [0, 0.1) is 0 Å². The van der Waals surface area contributed by atoms with E-state index >= 15 is 0 Å². The molecule has 19 heavy (non-hydrogen) atoms. The molecule has 0 aliphatic carbocycles. The van der Waals surface area contributed by atoms with Crippen LogP contribution in [0.25, 0.3) is 5.69 Å². The number of nitrogens with one attached hydrogen (secondary N) is 1. The van der Waals surface area contributed by atoms with E-state index in [1.165, 1.54) is 4.80 Å². The third-order valence-corrected chi connectivity index (χ3v) is 2.71. The van der Waals surface area contributed by atoms with E-state index in [1.54, 1.807) is 0 Å². The molecule has 1 heterocycles. The number of anilines is 1. The number of rotatable bonds is 4. The standard InChI is InChI=1S/C12H17N4O.C2H6/c1-4-12(2,3)13-11-14-16(15-17-11)10-8-6-5-7-9-10;1-2/h5-9H,4H2,1-3H3,(H,13,14,15);1-2H3/q+1;. The average Bonchev–Trinajstić information content (AvgIpc) is 2.90. The van der Waals surface area contributed by atoms with Crippen LogP contribution in [0.5, 0.6) is 0 Å². The molecule has 0 aliphatic rings. The molecule has 2 aromatic rings. The van der Waals surface area contributed by atoms with E-state index in [2.05, 4.69) is 36.5 Å². The Morgan fingerprint density at radius 2 is 1.84 bits per heavy atom. The fraction of sp³-hybridized carbons (Fsp3) is 0.500. The molecule has 0 radical (unpaired) electrons. The SMILES string of the molecule is CC.CCC(C)(C)Nc1n[n+](-c2ccccc2)no1. The van der Waals surface area contributed by atoms with Gasteiger partial charge < -0.3 is 5.32 Å². The number of nitrogens with zero attached hydrogens (tertiary/aromatic N) is 3. The van der Waals surface area contributed by atoms with Crippen molar-refractivity contribution in [3.05, 3.63) is 30.3 Å². The summed E-state index contributed by atoms with van der Waals surface area (Å²) in [4.78, 5) is 1.47. The topological polar surface area (TPSA) is 54.8 Å². The number of hydrogen-bond acceptors (Lipinski definition) is 4. The van der Waals surface area contributed by atoms with E-state index in [-0.39, 0.29) is 5.54 Å². The molecule has 0 saturated heterocycles. The second-order valence-electron chi connectivity index (χ2n) is 4.57. The monoisotopic (exact) mass is 263 g/mol. The van der Waals surface area contributed by atoms with Crippen molar-refractivity contribution >= 4 is 6.01 Å². The van der Waals surface area contributed by atoms with Gasteiger partial charge in [-0.25, -0.2) is 0 Å². The number of benzene rings is 1. The largest absolute Gasteiger partial charge is 0.389 e. The highest BCUT2D eigenvalue weighted by Crippen LogP contribution is 2.14. The van der Waals surface area contributed by atoms with Crippen molar-refractivity contribution in [3.63, 3.8) is 0 Å². The van der Waals surface area contributed by atoms with E-state index in [4.69, 9.17) is 4.52 Å². The van der Waals surface area contributed by atoms with Crippen molar-refractivity contribution in [1.29, 1.82) is 0 Å². The van der Waals surface area contributed by atoms with Crippen LogP contribution in [0.15, 0.2) is 34.9 Å². The summed E-state index contributed by atoms with van der Waals surface area (Å²) in [5.74, 6) is 0. The first-order valence-electron chi connectivity index (χ1n) is 6.71. The lowest BCUT2D eigenvalue weighted by Crippen LogP contribution is -2.36. The molecule has 0 atom stereocenters. The van der Waals surface area contributed by atoms with E-state index in [1.807, 2.05) is 44.2 Å². The fourth-order valence-electron chi connectivity index (χ4n) is 1.29. The van der Waals surface area contributed by atoms with Gasteiger partial charge in [0.15, 0.2) is 0 Å². The second kappa shape index (κ2) is 6.87. The molecule has 0 amide bonds. The number of aromatic nitrogens is 3. The Bertz CT molecular complexity index is 479. The van der Waals surface area contributed by atoms with Gasteiger partial charge in [-0.05, 0) is 20.3 Å². The van der Waals surface area contributed by atoms with E-state index in [0.29, 0.717) is 6.01 Å². The van der Waals surface area contributed by atoms with Gasteiger partial charge in [0.2, 0.25) is 5.27 Å². The van der Waals surface area contributed by atoms with Gasteiger partial charge in [-0.15, -0.1) is 0 Å². The van der Waals surface area contributed by atoms with Gasteiger partial charge in [-0.3, -0.25) is 4.52 Å². The molecule has 1 aromatic heterocycles. The molecule has 104 valence electrons. The smallest absolute Gasteiger partial charge is 0.328 e. The molecule has 0 fully saturated rings. The zero-order valence-corrected chi connectivity index (χ0v) is 12.3. The fourth-order valence-corrected chi connectivity index (χ4v) is 1.29. The lowest BCUT2D eigenvalue weighted by molar-refractivity contribution is -0.724. The molecule has 1 N–H and O–H groups in total. The van der Waals surface area contributed by atoms with E-state index < -0.39 is 0 Å². The molecule has 5 nitrogen and oxygen atoms in total. The van der Waals surface area contributed by atoms with Crippen molar-refractivity contribution in [2.24, 2.45) is 0 Å². The van der Waals surface area contributed by atoms with Crippen molar-refractivity contribution < 1.29 is 9.32 Å². The van der Waals surface area contributed by atoms with Gasteiger partial charge in [-0.1, -0.05) is 39.0 Å². The molecule has 1 aromatic carbocycles. The molecular formula is C14H23N4O+. The van der Waals surface area contributed by atoms with Crippen molar-refractivity contribution in [1.82, 2.24) is 10.4 Å².